The normalized spacial score (nSPS) is 26.9. The van der Waals surface area contributed by atoms with Crippen LogP contribution in [0.2, 0.25) is 0 Å². The maximum Gasteiger partial charge on any atom is 0.322 e. The van der Waals surface area contributed by atoms with E-state index in [2.05, 4.69) is 25.8 Å². The molecule has 2 fully saturated rings. The third kappa shape index (κ3) is 3.32. The summed E-state index contributed by atoms with van der Waals surface area (Å²) in [6, 6.07) is -0.396. The fourth-order valence-electron chi connectivity index (χ4n) is 3.11. The van der Waals surface area contributed by atoms with Gasteiger partial charge in [-0.1, -0.05) is 0 Å². The number of hydrogen-bond donors (Lipinski definition) is 3. The van der Waals surface area contributed by atoms with E-state index in [0.29, 0.717) is 13.2 Å². The number of rotatable bonds is 4. The number of ether oxygens (including phenoxy) is 1. The van der Waals surface area contributed by atoms with Crippen LogP contribution in [-0.4, -0.2) is 68.7 Å². The summed E-state index contributed by atoms with van der Waals surface area (Å²) in [5.74, 6) is 0.756. The van der Waals surface area contributed by atoms with Crippen LogP contribution in [-0.2, 0) is 9.53 Å². The van der Waals surface area contributed by atoms with Gasteiger partial charge in [-0.3, -0.25) is 15.1 Å². The molecule has 8 nitrogen and oxygen atoms in total. The van der Waals surface area contributed by atoms with Crippen molar-refractivity contribution in [1.82, 2.24) is 20.9 Å². The zero-order chi connectivity index (χ0) is 16.2. The standard InChI is InChI=1S/C14H25N5O3/c1-14(11(20)17-13(21)18-14)10-4-7-19(8-5-10)12(15-2)16-6-9-22-3/h10H,4-9H2,1-3H3,(H,15,16)(H2,17,18,20,21). The smallest absolute Gasteiger partial charge is 0.322 e. The van der Waals surface area contributed by atoms with Crippen LogP contribution < -0.4 is 16.0 Å². The fraction of sp³-hybridized carbons (Fsp3) is 0.786. The minimum absolute atomic E-state index is 0.132. The average Bonchev–Trinajstić information content (AvgIpc) is 2.78. The van der Waals surface area contributed by atoms with E-state index in [9.17, 15) is 9.59 Å². The van der Waals surface area contributed by atoms with Crippen LogP contribution in [0.5, 0.6) is 0 Å². The molecule has 124 valence electrons. The van der Waals surface area contributed by atoms with Crippen LogP contribution in [0.4, 0.5) is 4.79 Å². The molecule has 0 aromatic heterocycles. The van der Waals surface area contributed by atoms with Gasteiger partial charge >= 0.3 is 6.03 Å². The lowest BCUT2D eigenvalue weighted by molar-refractivity contribution is -0.125. The van der Waals surface area contributed by atoms with Gasteiger partial charge in [-0.05, 0) is 25.7 Å². The van der Waals surface area contributed by atoms with Crippen LogP contribution >= 0.6 is 0 Å². The van der Waals surface area contributed by atoms with Crippen LogP contribution in [0.25, 0.3) is 0 Å². The summed E-state index contributed by atoms with van der Waals surface area (Å²) in [6.45, 7) is 4.74. The number of carbonyl (C=O) groups is 2. The molecular formula is C14H25N5O3. The molecule has 3 amide bonds. The molecule has 22 heavy (non-hydrogen) atoms. The zero-order valence-electron chi connectivity index (χ0n) is 13.4. The van der Waals surface area contributed by atoms with Gasteiger partial charge in [0.2, 0.25) is 0 Å². The highest BCUT2D eigenvalue weighted by Crippen LogP contribution is 2.30. The second-order valence-electron chi connectivity index (χ2n) is 5.84. The second kappa shape index (κ2) is 6.95. The number of piperidine rings is 1. The Balaban J connectivity index is 1.90. The number of aliphatic imine (C=N–C) groups is 1. The summed E-state index contributed by atoms with van der Waals surface area (Å²) < 4.78 is 5.02. The molecule has 1 atom stereocenters. The third-order valence-electron chi connectivity index (χ3n) is 4.48. The molecule has 0 bridgehead atoms. The Kier molecular flexibility index (Phi) is 5.23. The monoisotopic (exact) mass is 311 g/mol. The number of nitrogens with zero attached hydrogens (tertiary/aromatic N) is 2. The maximum absolute atomic E-state index is 12.0. The minimum Gasteiger partial charge on any atom is -0.383 e. The molecule has 2 aliphatic heterocycles. The molecule has 0 spiro atoms. The van der Waals surface area contributed by atoms with Gasteiger partial charge in [0.05, 0.1) is 6.61 Å². The highest BCUT2D eigenvalue weighted by molar-refractivity contribution is 6.07. The van der Waals surface area contributed by atoms with E-state index in [4.69, 9.17) is 4.74 Å². The van der Waals surface area contributed by atoms with Gasteiger partial charge in [-0.25, -0.2) is 4.79 Å². The van der Waals surface area contributed by atoms with E-state index in [1.165, 1.54) is 0 Å². The summed E-state index contributed by atoms with van der Waals surface area (Å²) in [7, 11) is 3.42. The quantitative estimate of drug-likeness (QED) is 0.282. The molecule has 2 saturated heterocycles. The van der Waals surface area contributed by atoms with Crippen molar-refractivity contribution in [2.24, 2.45) is 10.9 Å². The van der Waals surface area contributed by atoms with Crippen LogP contribution in [0.1, 0.15) is 19.8 Å². The van der Waals surface area contributed by atoms with Gasteiger partial charge in [0.25, 0.3) is 5.91 Å². The van der Waals surface area contributed by atoms with E-state index in [0.717, 1.165) is 31.9 Å². The van der Waals surface area contributed by atoms with Gasteiger partial charge < -0.3 is 20.3 Å². The van der Waals surface area contributed by atoms with Crippen molar-refractivity contribution < 1.29 is 14.3 Å². The lowest BCUT2D eigenvalue weighted by Crippen LogP contribution is -2.55. The molecule has 0 radical (unpaired) electrons. The number of hydrogen-bond acceptors (Lipinski definition) is 4. The lowest BCUT2D eigenvalue weighted by atomic mass is 9.79. The van der Waals surface area contributed by atoms with Crippen molar-refractivity contribution in [3.05, 3.63) is 0 Å². The number of amides is 3. The van der Waals surface area contributed by atoms with E-state index >= 15 is 0 Å². The van der Waals surface area contributed by atoms with E-state index in [1.807, 2.05) is 0 Å². The summed E-state index contributed by atoms with van der Waals surface area (Å²) in [4.78, 5) is 29.8. The number of nitrogens with one attached hydrogen (secondary N) is 3. The number of urea groups is 1. The second-order valence-corrected chi connectivity index (χ2v) is 5.84. The lowest BCUT2D eigenvalue weighted by Gasteiger charge is -2.39. The van der Waals surface area contributed by atoms with Gasteiger partial charge in [-0.2, -0.15) is 0 Å². The number of likely N-dealkylation sites (tertiary alicyclic amines) is 1. The Bertz CT molecular complexity index is 459. The van der Waals surface area contributed by atoms with Crippen LogP contribution in [0.3, 0.4) is 0 Å². The molecule has 3 N–H and O–H groups in total. The summed E-state index contributed by atoms with van der Waals surface area (Å²) in [5.41, 5.74) is -0.795. The molecule has 2 aliphatic rings. The highest BCUT2D eigenvalue weighted by Gasteiger charge is 2.48. The molecule has 0 aromatic carbocycles. The van der Waals surface area contributed by atoms with Crippen molar-refractivity contribution in [1.29, 1.82) is 0 Å². The molecule has 2 heterocycles. The van der Waals surface area contributed by atoms with Gasteiger partial charge in [0.15, 0.2) is 5.96 Å². The predicted molar refractivity (Wildman–Crippen MR) is 82.6 cm³/mol. The van der Waals surface area contributed by atoms with Crippen molar-refractivity contribution in [3.8, 4) is 0 Å². The Labute approximate surface area is 130 Å². The Morgan fingerprint density at radius 1 is 1.45 bits per heavy atom. The SMILES string of the molecule is CN=C(NCCOC)N1CCC(C2(C)NC(=O)NC2=O)CC1. The molecule has 0 aromatic rings. The Hall–Kier alpha value is -1.83. The van der Waals surface area contributed by atoms with Crippen molar-refractivity contribution in [3.63, 3.8) is 0 Å². The van der Waals surface area contributed by atoms with Crippen molar-refractivity contribution in [2.75, 3.05) is 40.4 Å². The fourth-order valence-corrected chi connectivity index (χ4v) is 3.11. The first kappa shape index (κ1) is 16.5. The largest absolute Gasteiger partial charge is 0.383 e. The van der Waals surface area contributed by atoms with Gasteiger partial charge in [0.1, 0.15) is 5.54 Å². The Morgan fingerprint density at radius 2 is 2.14 bits per heavy atom. The number of imide groups is 1. The zero-order valence-corrected chi connectivity index (χ0v) is 13.4. The van der Waals surface area contributed by atoms with Crippen LogP contribution in [0, 0.1) is 5.92 Å². The molecule has 0 aliphatic carbocycles. The predicted octanol–water partition coefficient (Wildman–Crippen LogP) is -0.482. The summed E-state index contributed by atoms with van der Waals surface area (Å²) >= 11 is 0. The third-order valence-corrected chi connectivity index (χ3v) is 4.48. The minimum atomic E-state index is -0.795. The number of carbonyl (C=O) groups excluding carboxylic acids is 2. The molecule has 0 saturated carbocycles. The van der Waals surface area contributed by atoms with E-state index in [1.54, 1.807) is 21.1 Å². The number of guanidine groups is 1. The highest BCUT2D eigenvalue weighted by atomic mass is 16.5. The first-order valence-electron chi connectivity index (χ1n) is 7.59. The average molecular weight is 311 g/mol. The molecule has 2 rings (SSSR count). The first-order chi connectivity index (χ1) is 10.5. The van der Waals surface area contributed by atoms with Gasteiger partial charge in [0, 0.05) is 33.8 Å². The molecular weight excluding hydrogens is 286 g/mol. The van der Waals surface area contributed by atoms with Gasteiger partial charge in [-0.15, -0.1) is 0 Å². The van der Waals surface area contributed by atoms with E-state index in [-0.39, 0.29) is 11.8 Å². The van der Waals surface area contributed by atoms with Crippen molar-refractivity contribution in [2.45, 2.75) is 25.3 Å². The summed E-state index contributed by atoms with van der Waals surface area (Å²) in [5, 5.41) is 8.35. The topological polar surface area (TPSA) is 95.1 Å². The first-order valence-corrected chi connectivity index (χ1v) is 7.59. The van der Waals surface area contributed by atoms with E-state index < -0.39 is 11.6 Å². The number of methoxy groups -OCH3 is 1. The van der Waals surface area contributed by atoms with Crippen LogP contribution in [0.15, 0.2) is 4.99 Å². The Morgan fingerprint density at radius 3 is 2.64 bits per heavy atom. The molecule has 1 unspecified atom stereocenters. The molecule has 8 heteroatoms. The maximum atomic E-state index is 12.0. The van der Waals surface area contributed by atoms with Crippen molar-refractivity contribution >= 4 is 17.9 Å². The summed E-state index contributed by atoms with van der Waals surface area (Å²) in [6.07, 6.45) is 1.66.